The molecule has 1 rings (SSSR count). The van der Waals surface area contributed by atoms with Crippen molar-refractivity contribution in [2.75, 3.05) is 0 Å². The van der Waals surface area contributed by atoms with Gasteiger partial charge in [0.2, 0.25) is 0 Å². The Labute approximate surface area is 87.8 Å². The molecule has 0 aliphatic rings. The number of nitrogens with zero attached hydrogens (tertiary/aromatic N) is 2. The summed E-state index contributed by atoms with van der Waals surface area (Å²) in [7, 11) is 0. The van der Waals surface area contributed by atoms with E-state index < -0.39 is 11.7 Å². The lowest BCUT2D eigenvalue weighted by atomic mass is 10.2. The lowest BCUT2D eigenvalue weighted by Gasteiger charge is -2.18. The molecule has 0 aromatic carbocycles. The molecule has 0 saturated heterocycles. The van der Waals surface area contributed by atoms with E-state index in [0.717, 1.165) is 4.68 Å². The Hall–Kier alpha value is -1.03. The second-order valence-corrected chi connectivity index (χ2v) is 4.39. The zero-order valence-electron chi connectivity index (χ0n) is 8.67. The first-order chi connectivity index (χ1) is 6.29. The van der Waals surface area contributed by atoms with Crippen molar-refractivity contribution in [3.05, 3.63) is 16.9 Å². The predicted molar refractivity (Wildman–Crippen MR) is 53.6 cm³/mol. The number of aryl methyl sites for hydroxylation is 1. The molecule has 1 aromatic heterocycles. The van der Waals surface area contributed by atoms with Crippen LogP contribution < -0.4 is 0 Å². The normalized spacial score (nSPS) is 11.5. The lowest BCUT2D eigenvalue weighted by Crippen LogP contribution is -2.27. The Bertz CT molecular complexity index is 333. The molecule has 0 N–H and O–H groups in total. The fourth-order valence-electron chi connectivity index (χ4n) is 0.841. The van der Waals surface area contributed by atoms with Crippen LogP contribution in [0, 0.1) is 6.92 Å². The Kier molecular flexibility index (Phi) is 2.85. The molecule has 0 amide bonds. The van der Waals surface area contributed by atoms with Gasteiger partial charge in [0.15, 0.2) is 0 Å². The molecule has 1 heterocycles. The van der Waals surface area contributed by atoms with Crippen molar-refractivity contribution in [2.24, 2.45) is 0 Å². The third kappa shape index (κ3) is 2.73. The van der Waals surface area contributed by atoms with E-state index >= 15 is 0 Å². The third-order valence-corrected chi connectivity index (χ3v) is 1.79. The maximum absolute atomic E-state index is 11.4. The second-order valence-electron chi connectivity index (χ2n) is 3.99. The zero-order chi connectivity index (χ0) is 10.9. The molecule has 0 bridgehead atoms. The molecule has 0 aliphatic carbocycles. The smallest absolute Gasteiger partial charge is 0.435 e. The van der Waals surface area contributed by atoms with Crippen LogP contribution in [0.25, 0.3) is 0 Å². The maximum atomic E-state index is 11.4. The molecular weight excluding hydrogens is 204 g/mol. The Balaban J connectivity index is 2.80. The Morgan fingerprint density at radius 1 is 1.57 bits per heavy atom. The number of carbonyl (C=O) groups is 1. The van der Waals surface area contributed by atoms with Gasteiger partial charge in [-0.1, -0.05) is 11.6 Å². The topological polar surface area (TPSA) is 44.1 Å². The molecule has 0 radical (unpaired) electrons. The highest BCUT2D eigenvalue weighted by molar-refractivity contribution is 6.31. The SMILES string of the molecule is Cc1nn(C(=O)OC(C)(C)C)cc1Cl. The van der Waals surface area contributed by atoms with Crippen LogP contribution in [0.5, 0.6) is 0 Å². The van der Waals surface area contributed by atoms with Crippen LogP contribution in [0.2, 0.25) is 5.02 Å². The van der Waals surface area contributed by atoms with Gasteiger partial charge in [0.1, 0.15) is 5.60 Å². The first-order valence-electron chi connectivity index (χ1n) is 4.25. The highest BCUT2D eigenvalue weighted by Gasteiger charge is 2.19. The molecule has 5 heteroatoms. The van der Waals surface area contributed by atoms with Crippen molar-refractivity contribution in [1.82, 2.24) is 9.78 Å². The molecule has 0 unspecified atom stereocenters. The Morgan fingerprint density at radius 3 is 2.50 bits per heavy atom. The minimum atomic E-state index is -0.524. The third-order valence-electron chi connectivity index (χ3n) is 1.42. The van der Waals surface area contributed by atoms with Gasteiger partial charge in [-0.15, -0.1) is 0 Å². The lowest BCUT2D eigenvalue weighted by molar-refractivity contribution is 0.0514. The maximum Gasteiger partial charge on any atom is 0.435 e. The molecule has 0 saturated carbocycles. The van der Waals surface area contributed by atoms with Crippen LogP contribution in [-0.4, -0.2) is 21.5 Å². The van der Waals surface area contributed by atoms with Crippen molar-refractivity contribution in [1.29, 1.82) is 0 Å². The van der Waals surface area contributed by atoms with Gasteiger partial charge in [0, 0.05) is 0 Å². The van der Waals surface area contributed by atoms with Gasteiger partial charge in [-0.2, -0.15) is 9.78 Å². The fraction of sp³-hybridized carbons (Fsp3) is 0.556. The summed E-state index contributed by atoms with van der Waals surface area (Å²) >= 11 is 5.75. The van der Waals surface area contributed by atoms with E-state index in [1.165, 1.54) is 6.20 Å². The number of hydrogen-bond acceptors (Lipinski definition) is 3. The molecule has 0 fully saturated rings. The van der Waals surface area contributed by atoms with Gasteiger partial charge in [-0.3, -0.25) is 0 Å². The standard InChI is InChI=1S/C9H13ClN2O2/c1-6-7(10)5-12(11-6)8(13)14-9(2,3)4/h5H,1-4H3. The number of carbonyl (C=O) groups excluding carboxylic acids is 1. The molecule has 0 aliphatic heterocycles. The highest BCUT2D eigenvalue weighted by Crippen LogP contribution is 2.14. The molecular formula is C9H13ClN2O2. The molecule has 4 nitrogen and oxygen atoms in total. The number of halogens is 1. The van der Waals surface area contributed by atoms with Crippen LogP contribution >= 0.6 is 11.6 Å². The van der Waals surface area contributed by atoms with E-state index in [4.69, 9.17) is 16.3 Å². The molecule has 0 atom stereocenters. The average Bonchev–Trinajstić information content (AvgIpc) is 2.28. The molecule has 78 valence electrons. The van der Waals surface area contributed by atoms with Crippen LogP contribution in [0.15, 0.2) is 6.20 Å². The van der Waals surface area contributed by atoms with Gasteiger partial charge < -0.3 is 4.74 Å². The summed E-state index contributed by atoms with van der Waals surface area (Å²) in [5.74, 6) is 0. The molecule has 0 spiro atoms. The van der Waals surface area contributed by atoms with E-state index in [1.54, 1.807) is 27.7 Å². The number of aromatic nitrogens is 2. The summed E-state index contributed by atoms with van der Waals surface area (Å²) in [6.45, 7) is 7.11. The Morgan fingerprint density at radius 2 is 2.14 bits per heavy atom. The minimum Gasteiger partial charge on any atom is -0.442 e. The van der Waals surface area contributed by atoms with Crippen molar-refractivity contribution < 1.29 is 9.53 Å². The minimum absolute atomic E-state index is 0.454. The van der Waals surface area contributed by atoms with E-state index in [0.29, 0.717) is 10.7 Å². The van der Waals surface area contributed by atoms with Crippen molar-refractivity contribution >= 4 is 17.7 Å². The zero-order valence-corrected chi connectivity index (χ0v) is 9.42. The van der Waals surface area contributed by atoms with Gasteiger partial charge in [-0.25, -0.2) is 4.79 Å². The van der Waals surface area contributed by atoms with E-state index in [1.807, 2.05) is 0 Å². The van der Waals surface area contributed by atoms with Crippen LogP contribution in [-0.2, 0) is 4.74 Å². The first kappa shape index (κ1) is 11.0. The van der Waals surface area contributed by atoms with Crippen molar-refractivity contribution in [3.63, 3.8) is 0 Å². The number of ether oxygens (including phenoxy) is 1. The quantitative estimate of drug-likeness (QED) is 0.670. The summed E-state index contributed by atoms with van der Waals surface area (Å²) in [4.78, 5) is 11.4. The van der Waals surface area contributed by atoms with Gasteiger partial charge in [-0.05, 0) is 27.7 Å². The second kappa shape index (κ2) is 3.61. The molecule has 14 heavy (non-hydrogen) atoms. The monoisotopic (exact) mass is 216 g/mol. The summed E-state index contributed by atoms with van der Waals surface area (Å²) < 4.78 is 6.20. The summed E-state index contributed by atoms with van der Waals surface area (Å²) in [6.07, 6.45) is 0.915. The van der Waals surface area contributed by atoms with Crippen molar-refractivity contribution in [2.45, 2.75) is 33.3 Å². The number of rotatable bonds is 0. The summed E-state index contributed by atoms with van der Waals surface area (Å²) in [6, 6.07) is 0. The van der Waals surface area contributed by atoms with E-state index in [2.05, 4.69) is 5.10 Å². The van der Waals surface area contributed by atoms with Crippen LogP contribution in [0.3, 0.4) is 0 Å². The predicted octanol–water partition coefficient (Wildman–Crippen LogP) is 2.63. The van der Waals surface area contributed by atoms with Gasteiger partial charge in [0.05, 0.1) is 16.9 Å². The molecule has 1 aromatic rings. The van der Waals surface area contributed by atoms with E-state index in [9.17, 15) is 4.79 Å². The highest BCUT2D eigenvalue weighted by atomic mass is 35.5. The average molecular weight is 217 g/mol. The summed E-state index contributed by atoms with van der Waals surface area (Å²) in [5.41, 5.74) is 0.0844. The van der Waals surface area contributed by atoms with Crippen LogP contribution in [0.4, 0.5) is 4.79 Å². The number of hydrogen-bond donors (Lipinski definition) is 0. The first-order valence-corrected chi connectivity index (χ1v) is 4.62. The van der Waals surface area contributed by atoms with E-state index in [-0.39, 0.29) is 0 Å². The largest absolute Gasteiger partial charge is 0.442 e. The summed E-state index contributed by atoms with van der Waals surface area (Å²) in [5, 5.41) is 4.36. The van der Waals surface area contributed by atoms with Gasteiger partial charge >= 0.3 is 6.09 Å². The van der Waals surface area contributed by atoms with Gasteiger partial charge in [0.25, 0.3) is 0 Å². The van der Waals surface area contributed by atoms with Crippen molar-refractivity contribution in [3.8, 4) is 0 Å². The fourth-order valence-corrected chi connectivity index (χ4v) is 0.971. The van der Waals surface area contributed by atoms with Crippen LogP contribution in [0.1, 0.15) is 26.5 Å².